The van der Waals surface area contributed by atoms with E-state index in [1.165, 1.54) is 0 Å². The van der Waals surface area contributed by atoms with Crippen LogP contribution in [0, 0.1) is 5.82 Å². The Hall–Kier alpha value is -1.09. The number of hydrogen-bond donors (Lipinski definition) is 1. The highest BCUT2D eigenvalue weighted by molar-refractivity contribution is 6.42. The maximum Gasteiger partial charge on any atom is 0.131 e. The van der Waals surface area contributed by atoms with E-state index >= 15 is 0 Å². The molecule has 1 nitrogen and oxygen atoms in total. The summed E-state index contributed by atoms with van der Waals surface area (Å²) >= 11 is 11.8. The van der Waals surface area contributed by atoms with Crippen molar-refractivity contribution >= 4 is 23.2 Å². The topological polar surface area (TPSA) is 12.0 Å². The molecule has 0 aliphatic rings. The Labute approximate surface area is 122 Å². The molecular formula is C15H14Cl2FN. The van der Waals surface area contributed by atoms with Crippen molar-refractivity contribution in [1.82, 2.24) is 5.32 Å². The van der Waals surface area contributed by atoms with Crippen LogP contribution in [0.4, 0.5) is 4.39 Å². The van der Waals surface area contributed by atoms with Gasteiger partial charge in [-0.15, -0.1) is 0 Å². The number of halogens is 3. The van der Waals surface area contributed by atoms with Gasteiger partial charge in [0.2, 0.25) is 0 Å². The molecule has 100 valence electrons. The van der Waals surface area contributed by atoms with Crippen molar-refractivity contribution in [2.75, 3.05) is 6.54 Å². The summed E-state index contributed by atoms with van der Waals surface area (Å²) in [5, 5.41) is 4.06. The average Bonchev–Trinajstić information content (AvgIpc) is 2.40. The molecule has 2 rings (SSSR count). The minimum absolute atomic E-state index is 0.256. The summed E-state index contributed by atoms with van der Waals surface area (Å²) in [6, 6.07) is 10.3. The SMILES string of the molecule is CCNCc1ccc(-c2ccc(Cl)c(Cl)c2)c(F)c1. The zero-order chi connectivity index (χ0) is 13.8. The van der Waals surface area contributed by atoms with Gasteiger partial charge >= 0.3 is 0 Å². The van der Waals surface area contributed by atoms with E-state index in [-0.39, 0.29) is 5.82 Å². The van der Waals surface area contributed by atoms with Crippen molar-refractivity contribution in [3.05, 3.63) is 57.8 Å². The molecule has 0 aromatic heterocycles. The summed E-state index contributed by atoms with van der Waals surface area (Å²) < 4.78 is 14.1. The summed E-state index contributed by atoms with van der Waals surface area (Å²) in [6.07, 6.45) is 0. The van der Waals surface area contributed by atoms with Crippen molar-refractivity contribution in [1.29, 1.82) is 0 Å². The van der Waals surface area contributed by atoms with Gasteiger partial charge in [0.1, 0.15) is 5.82 Å². The van der Waals surface area contributed by atoms with E-state index in [4.69, 9.17) is 23.2 Å². The first-order valence-electron chi connectivity index (χ1n) is 6.06. The highest BCUT2D eigenvalue weighted by Crippen LogP contribution is 2.30. The summed E-state index contributed by atoms with van der Waals surface area (Å²) in [6.45, 7) is 3.53. The fraction of sp³-hybridized carbons (Fsp3) is 0.200. The first-order chi connectivity index (χ1) is 9.11. The minimum Gasteiger partial charge on any atom is -0.313 e. The van der Waals surface area contributed by atoms with Crippen LogP contribution in [0.5, 0.6) is 0 Å². The second-order valence-electron chi connectivity index (χ2n) is 4.22. The van der Waals surface area contributed by atoms with E-state index < -0.39 is 0 Å². The second-order valence-corrected chi connectivity index (χ2v) is 5.04. The maximum absolute atomic E-state index is 14.1. The largest absolute Gasteiger partial charge is 0.313 e. The molecule has 4 heteroatoms. The maximum atomic E-state index is 14.1. The molecule has 0 atom stereocenters. The predicted octanol–water partition coefficient (Wildman–Crippen LogP) is 4.91. The standard InChI is InChI=1S/C15H14Cl2FN/c1-2-19-9-10-3-5-12(15(18)7-10)11-4-6-13(16)14(17)8-11/h3-8,19H,2,9H2,1H3. The smallest absolute Gasteiger partial charge is 0.131 e. The van der Waals surface area contributed by atoms with Crippen molar-refractivity contribution in [3.63, 3.8) is 0 Å². The van der Waals surface area contributed by atoms with E-state index in [1.54, 1.807) is 30.3 Å². The van der Waals surface area contributed by atoms with Crippen molar-refractivity contribution in [2.24, 2.45) is 0 Å². The molecule has 1 N–H and O–H groups in total. The Morgan fingerprint density at radius 1 is 1.05 bits per heavy atom. The Bertz CT molecular complexity index is 584. The van der Waals surface area contributed by atoms with Gasteiger partial charge in [-0.3, -0.25) is 0 Å². The van der Waals surface area contributed by atoms with E-state index in [0.717, 1.165) is 17.7 Å². The fourth-order valence-corrected chi connectivity index (χ4v) is 2.13. The Morgan fingerprint density at radius 3 is 2.47 bits per heavy atom. The van der Waals surface area contributed by atoms with Crippen molar-refractivity contribution in [3.8, 4) is 11.1 Å². The Kier molecular flexibility index (Phi) is 4.81. The van der Waals surface area contributed by atoms with Crippen LogP contribution in [0.25, 0.3) is 11.1 Å². The van der Waals surface area contributed by atoms with Gasteiger partial charge in [0.15, 0.2) is 0 Å². The molecule has 2 aromatic rings. The van der Waals surface area contributed by atoms with E-state index in [1.807, 2.05) is 13.0 Å². The third-order valence-electron chi connectivity index (χ3n) is 2.84. The lowest BCUT2D eigenvalue weighted by atomic mass is 10.0. The molecule has 0 amide bonds. The molecule has 0 radical (unpaired) electrons. The van der Waals surface area contributed by atoms with Crippen LogP contribution in [0.3, 0.4) is 0 Å². The van der Waals surface area contributed by atoms with Gasteiger partial charge in [-0.2, -0.15) is 0 Å². The summed E-state index contributed by atoms with van der Waals surface area (Å²) in [5.41, 5.74) is 2.17. The van der Waals surface area contributed by atoms with E-state index in [9.17, 15) is 4.39 Å². The van der Waals surface area contributed by atoms with Crippen molar-refractivity contribution < 1.29 is 4.39 Å². The molecule has 2 aromatic carbocycles. The number of benzene rings is 2. The molecule has 19 heavy (non-hydrogen) atoms. The Balaban J connectivity index is 2.32. The monoisotopic (exact) mass is 297 g/mol. The van der Waals surface area contributed by atoms with Crippen LogP contribution < -0.4 is 5.32 Å². The second kappa shape index (κ2) is 6.38. The predicted molar refractivity (Wildman–Crippen MR) is 79.2 cm³/mol. The van der Waals surface area contributed by atoms with Crippen LogP contribution in [-0.2, 0) is 6.54 Å². The van der Waals surface area contributed by atoms with Gasteiger partial charge in [0.05, 0.1) is 10.0 Å². The molecule has 0 saturated carbocycles. The first-order valence-corrected chi connectivity index (χ1v) is 6.82. The summed E-state index contributed by atoms with van der Waals surface area (Å²) in [4.78, 5) is 0. The molecule has 0 spiro atoms. The number of rotatable bonds is 4. The van der Waals surface area contributed by atoms with Crippen LogP contribution in [-0.4, -0.2) is 6.54 Å². The lowest BCUT2D eigenvalue weighted by molar-refractivity contribution is 0.625. The molecular weight excluding hydrogens is 284 g/mol. The lowest BCUT2D eigenvalue weighted by Crippen LogP contribution is -2.11. The minimum atomic E-state index is -0.256. The van der Waals surface area contributed by atoms with Gasteiger partial charge in [0.25, 0.3) is 0 Å². The quantitative estimate of drug-likeness (QED) is 0.845. The molecule has 0 bridgehead atoms. The van der Waals surface area contributed by atoms with E-state index in [2.05, 4.69) is 5.32 Å². The van der Waals surface area contributed by atoms with Crippen molar-refractivity contribution in [2.45, 2.75) is 13.5 Å². The molecule has 0 aliphatic carbocycles. The Morgan fingerprint density at radius 2 is 1.84 bits per heavy atom. The fourth-order valence-electron chi connectivity index (χ4n) is 1.84. The summed E-state index contributed by atoms with van der Waals surface area (Å²) in [7, 11) is 0. The molecule has 0 unspecified atom stereocenters. The molecule has 0 heterocycles. The van der Waals surface area contributed by atoms with Gasteiger partial charge in [-0.05, 0) is 35.9 Å². The molecule has 0 aliphatic heterocycles. The van der Waals surface area contributed by atoms with Crippen LogP contribution in [0.2, 0.25) is 10.0 Å². The normalized spacial score (nSPS) is 10.7. The van der Waals surface area contributed by atoms with Gasteiger partial charge < -0.3 is 5.32 Å². The third kappa shape index (κ3) is 3.47. The third-order valence-corrected chi connectivity index (χ3v) is 3.58. The average molecular weight is 298 g/mol. The number of nitrogens with one attached hydrogen (secondary N) is 1. The number of hydrogen-bond acceptors (Lipinski definition) is 1. The van der Waals surface area contributed by atoms with Gasteiger partial charge in [0, 0.05) is 12.1 Å². The zero-order valence-electron chi connectivity index (χ0n) is 10.5. The summed E-state index contributed by atoms with van der Waals surface area (Å²) in [5.74, 6) is -0.256. The van der Waals surface area contributed by atoms with Gasteiger partial charge in [-0.1, -0.05) is 48.3 Å². The highest BCUT2D eigenvalue weighted by atomic mass is 35.5. The lowest BCUT2D eigenvalue weighted by Gasteiger charge is -2.08. The first kappa shape index (κ1) is 14.3. The van der Waals surface area contributed by atoms with Crippen LogP contribution in [0.1, 0.15) is 12.5 Å². The van der Waals surface area contributed by atoms with Crippen LogP contribution >= 0.6 is 23.2 Å². The highest BCUT2D eigenvalue weighted by Gasteiger charge is 2.08. The zero-order valence-corrected chi connectivity index (χ0v) is 12.0. The van der Waals surface area contributed by atoms with Crippen LogP contribution in [0.15, 0.2) is 36.4 Å². The van der Waals surface area contributed by atoms with Gasteiger partial charge in [-0.25, -0.2) is 4.39 Å². The molecule has 0 fully saturated rings. The van der Waals surface area contributed by atoms with E-state index in [0.29, 0.717) is 22.2 Å². The molecule has 0 saturated heterocycles.